The van der Waals surface area contributed by atoms with E-state index < -0.39 is 0 Å². The lowest BCUT2D eigenvalue weighted by atomic mass is 10.4. The lowest BCUT2D eigenvalue weighted by molar-refractivity contribution is 0.161. The molecule has 4 nitrogen and oxygen atoms in total. The Bertz CT molecular complexity index is 165. The van der Waals surface area contributed by atoms with E-state index in [1.54, 1.807) is 12.4 Å². The van der Waals surface area contributed by atoms with Crippen molar-refractivity contribution in [3.8, 4) is 0 Å². The molecule has 0 radical (unpaired) electrons. The quantitative estimate of drug-likeness (QED) is 0.544. The van der Waals surface area contributed by atoms with Crippen molar-refractivity contribution in [1.82, 2.24) is 15.4 Å². The Balaban J connectivity index is 2.61. The summed E-state index contributed by atoms with van der Waals surface area (Å²) in [4.78, 5) is 7.48. The molecule has 1 heterocycles. The molecule has 0 aliphatic carbocycles. The molecule has 0 atom stereocenters. The first-order chi connectivity index (χ1) is 4.43. The predicted molar refractivity (Wildman–Crippen MR) is 30.7 cm³/mol. The van der Waals surface area contributed by atoms with Crippen LogP contribution >= 0.6 is 0 Å². The molecule has 2 N–H and O–H groups in total. The molecule has 1 aromatic heterocycles. The summed E-state index contributed by atoms with van der Waals surface area (Å²) in [6.07, 6.45) is 4.72. The molecule has 1 rings (SSSR count). The van der Waals surface area contributed by atoms with Crippen LogP contribution in [0.4, 0.5) is 0 Å². The zero-order valence-electron chi connectivity index (χ0n) is 4.78. The summed E-state index contributed by atoms with van der Waals surface area (Å²) < 4.78 is 0. The van der Waals surface area contributed by atoms with Crippen molar-refractivity contribution in [2.45, 2.75) is 6.54 Å². The molecule has 9 heavy (non-hydrogen) atoms. The summed E-state index contributed by atoms with van der Waals surface area (Å²) in [5.41, 5.74) is 2.87. The Labute approximate surface area is 52.5 Å². The van der Waals surface area contributed by atoms with Crippen LogP contribution in [0.2, 0.25) is 0 Å². The molecule has 0 aliphatic heterocycles. The molecular formula is C5H7N3O. The van der Waals surface area contributed by atoms with Gasteiger partial charge in [-0.1, -0.05) is 0 Å². The lowest BCUT2D eigenvalue weighted by Gasteiger charge is -1.93. The number of hydrogen-bond donors (Lipinski definition) is 2. The standard InChI is InChI=1S/C5H7N3O/c9-8-3-5-1-6-4-7-2-5/h1-2,4,8-9H,3H2. The van der Waals surface area contributed by atoms with E-state index in [9.17, 15) is 0 Å². The van der Waals surface area contributed by atoms with E-state index in [1.165, 1.54) is 6.33 Å². The van der Waals surface area contributed by atoms with Crippen LogP contribution in [-0.4, -0.2) is 15.2 Å². The molecule has 1 aromatic rings. The van der Waals surface area contributed by atoms with E-state index in [0.29, 0.717) is 6.54 Å². The first kappa shape index (κ1) is 6.12. The molecule has 0 saturated heterocycles. The normalized spacial score (nSPS) is 9.44. The summed E-state index contributed by atoms with van der Waals surface area (Å²) in [6.45, 7) is 0.390. The molecule has 0 amide bonds. The minimum atomic E-state index is 0.390. The number of nitrogens with zero attached hydrogens (tertiary/aromatic N) is 2. The molecule has 0 unspecified atom stereocenters. The lowest BCUT2D eigenvalue weighted by Crippen LogP contribution is -2.06. The summed E-state index contributed by atoms with van der Waals surface area (Å²) in [6, 6.07) is 0. The van der Waals surface area contributed by atoms with E-state index >= 15 is 0 Å². The van der Waals surface area contributed by atoms with Gasteiger partial charge in [0, 0.05) is 24.5 Å². The third-order valence-corrected chi connectivity index (χ3v) is 0.897. The van der Waals surface area contributed by atoms with Crippen LogP contribution < -0.4 is 5.48 Å². The fourth-order valence-corrected chi connectivity index (χ4v) is 0.513. The smallest absolute Gasteiger partial charge is 0.115 e. The Morgan fingerprint density at radius 3 is 2.67 bits per heavy atom. The Kier molecular flexibility index (Phi) is 2.12. The second kappa shape index (κ2) is 3.11. The van der Waals surface area contributed by atoms with Gasteiger partial charge in [0.05, 0.1) is 0 Å². The van der Waals surface area contributed by atoms with Gasteiger partial charge in [0.15, 0.2) is 0 Å². The predicted octanol–water partition coefficient (Wildman–Crippen LogP) is -0.0446. The van der Waals surface area contributed by atoms with Crippen molar-refractivity contribution >= 4 is 0 Å². The third-order valence-electron chi connectivity index (χ3n) is 0.897. The Morgan fingerprint density at radius 2 is 2.11 bits per heavy atom. The average Bonchev–Trinajstić information content (AvgIpc) is 1.91. The molecular weight excluding hydrogens is 118 g/mol. The monoisotopic (exact) mass is 125 g/mol. The van der Waals surface area contributed by atoms with Crippen LogP contribution in [0.1, 0.15) is 5.56 Å². The van der Waals surface area contributed by atoms with E-state index in [1.807, 2.05) is 5.48 Å². The van der Waals surface area contributed by atoms with Crippen molar-refractivity contribution in [2.75, 3.05) is 0 Å². The number of nitrogens with one attached hydrogen (secondary N) is 1. The van der Waals surface area contributed by atoms with Crippen molar-refractivity contribution in [3.05, 3.63) is 24.3 Å². The van der Waals surface area contributed by atoms with Crippen LogP contribution in [0.25, 0.3) is 0 Å². The van der Waals surface area contributed by atoms with E-state index in [-0.39, 0.29) is 0 Å². The number of hydrogen-bond acceptors (Lipinski definition) is 4. The van der Waals surface area contributed by atoms with Gasteiger partial charge in [-0.05, 0) is 0 Å². The van der Waals surface area contributed by atoms with Gasteiger partial charge in [0.2, 0.25) is 0 Å². The van der Waals surface area contributed by atoms with E-state index in [4.69, 9.17) is 5.21 Å². The second-order valence-corrected chi connectivity index (χ2v) is 1.58. The summed E-state index contributed by atoms with van der Waals surface area (Å²) >= 11 is 0. The number of rotatable bonds is 2. The highest BCUT2D eigenvalue weighted by Gasteiger charge is 1.86. The fourth-order valence-electron chi connectivity index (χ4n) is 0.513. The first-order valence-corrected chi connectivity index (χ1v) is 2.54. The van der Waals surface area contributed by atoms with Crippen LogP contribution in [0.15, 0.2) is 18.7 Å². The van der Waals surface area contributed by atoms with Crippen molar-refractivity contribution in [1.29, 1.82) is 0 Å². The summed E-state index contributed by atoms with van der Waals surface area (Å²) in [5.74, 6) is 0. The Hall–Kier alpha value is -1.00. The van der Waals surface area contributed by atoms with Gasteiger partial charge < -0.3 is 5.21 Å². The topological polar surface area (TPSA) is 58.0 Å². The highest BCUT2D eigenvalue weighted by atomic mass is 16.5. The third kappa shape index (κ3) is 1.75. The maximum absolute atomic E-state index is 8.21. The first-order valence-electron chi connectivity index (χ1n) is 2.54. The van der Waals surface area contributed by atoms with Gasteiger partial charge in [-0.25, -0.2) is 15.4 Å². The zero-order chi connectivity index (χ0) is 6.53. The number of hydroxylamine groups is 1. The minimum absolute atomic E-state index is 0.390. The Morgan fingerprint density at radius 1 is 1.44 bits per heavy atom. The van der Waals surface area contributed by atoms with Crippen LogP contribution in [0.3, 0.4) is 0 Å². The average molecular weight is 125 g/mol. The van der Waals surface area contributed by atoms with Crippen molar-refractivity contribution in [2.24, 2.45) is 0 Å². The number of aromatic nitrogens is 2. The van der Waals surface area contributed by atoms with Gasteiger partial charge in [0.1, 0.15) is 6.33 Å². The maximum atomic E-state index is 8.21. The molecule has 0 fully saturated rings. The zero-order valence-corrected chi connectivity index (χ0v) is 4.78. The van der Waals surface area contributed by atoms with Crippen LogP contribution in [0, 0.1) is 0 Å². The van der Waals surface area contributed by atoms with Gasteiger partial charge in [-0.3, -0.25) is 0 Å². The maximum Gasteiger partial charge on any atom is 0.115 e. The van der Waals surface area contributed by atoms with Gasteiger partial charge >= 0.3 is 0 Å². The SMILES string of the molecule is ONCc1cncnc1. The highest BCUT2D eigenvalue weighted by molar-refractivity contribution is 5.00. The summed E-state index contributed by atoms with van der Waals surface area (Å²) in [7, 11) is 0. The van der Waals surface area contributed by atoms with Crippen molar-refractivity contribution in [3.63, 3.8) is 0 Å². The van der Waals surface area contributed by atoms with Crippen LogP contribution in [0.5, 0.6) is 0 Å². The molecule has 0 bridgehead atoms. The van der Waals surface area contributed by atoms with Gasteiger partial charge in [-0.2, -0.15) is 0 Å². The molecule has 0 saturated carbocycles. The largest absolute Gasteiger partial charge is 0.316 e. The van der Waals surface area contributed by atoms with Gasteiger partial charge in [0.25, 0.3) is 0 Å². The molecule has 0 spiro atoms. The molecule has 0 aromatic carbocycles. The minimum Gasteiger partial charge on any atom is -0.316 e. The highest BCUT2D eigenvalue weighted by Crippen LogP contribution is 1.88. The van der Waals surface area contributed by atoms with E-state index in [2.05, 4.69) is 9.97 Å². The molecule has 4 heteroatoms. The fraction of sp³-hybridized carbons (Fsp3) is 0.200. The van der Waals surface area contributed by atoms with Crippen LogP contribution in [-0.2, 0) is 6.54 Å². The molecule has 48 valence electrons. The molecule has 0 aliphatic rings. The second-order valence-electron chi connectivity index (χ2n) is 1.58. The van der Waals surface area contributed by atoms with E-state index in [0.717, 1.165) is 5.56 Å². The van der Waals surface area contributed by atoms with Crippen molar-refractivity contribution < 1.29 is 5.21 Å². The van der Waals surface area contributed by atoms with Gasteiger partial charge in [-0.15, -0.1) is 0 Å². The summed E-state index contributed by atoms with van der Waals surface area (Å²) in [5, 5.41) is 8.21.